The minimum Gasteiger partial charge on any atom is -0.312 e. The first kappa shape index (κ1) is 15.3. The van der Waals surface area contributed by atoms with Crippen molar-refractivity contribution in [3.63, 3.8) is 0 Å². The molecule has 1 aromatic carbocycles. The van der Waals surface area contributed by atoms with Gasteiger partial charge in [0, 0.05) is 30.7 Å². The summed E-state index contributed by atoms with van der Waals surface area (Å²) in [6, 6.07) is 4.01. The molecule has 1 aliphatic carbocycles. The van der Waals surface area contributed by atoms with Gasteiger partial charge in [0.2, 0.25) is 0 Å². The van der Waals surface area contributed by atoms with Crippen LogP contribution in [0.25, 0.3) is 0 Å². The number of rotatable bonds is 6. The van der Waals surface area contributed by atoms with Crippen molar-refractivity contribution in [1.82, 2.24) is 10.6 Å². The molecule has 0 aliphatic heterocycles. The van der Waals surface area contributed by atoms with Gasteiger partial charge in [0.15, 0.2) is 0 Å². The number of nitrogens with one attached hydrogen (secondary N) is 2. The Balaban J connectivity index is 1.91. The van der Waals surface area contributed by atoms with Crippen LogP contribution in [0.15, 0.2) is 18.2 Å². The van der Waals surface area contributed by atoms with Crippen molar-refractivity contribution in [2.45, 2.75) is 44.6 Å². The fourth-order valence-corrected chi connectivity index (χ4v) is 1.92. The van der Waals surface area contributed by atoms with Crippen molar-refractivity contribution in [1.29, 1.82) is 0 Å². The van der Waals surface area contributed by atoms with Crippen LogP contribution in [0, 0.1) is 5.82 Å². The van der Waals surface area contributed by atoms with E-state index in [9.17, 15) is 17.6 Å². The lowest BCUT2D eigenvalue weighted by molar-refractivity contribution is -0.140. The van der Waals surface area contributed by atoms with Gasteiger partial charge in [-0.3, -0.25) is 0 Å². The Morgan fingerprint density at radius 3 is 2.60 bits per heavy atom. The summed E-state index contributed by atoms with van der Waals surface area (Å²) >= 11 is 0. The van der Waals surface area contributed by atoms with E-state index in [2.05, 4.69) is 10.6 Å². The third-order valence-electron chi connectivity index (χ3n) is 3.32. The van der Waals surface area contributed by atoms with Crippen LogP contribution in [-0.4, -0.2) is 18.6 Å². The van der Waals surface area contributed by atoms with Gasteiger partial charge >= 0.3 is 6.18 Å². The predicted molar refractivity (Wildman–Crippen MR) is 68.7 cm³/mol. The summed E-state index contributed by atoms with van der Waals surface area (Å²) < 4.78 is 51.5. The molecule has 0 bridgehead atoms. The number of hydrogen-bond acceptors (Lipinski definition) is 2. The van der Waals surface area contributed by atoms with E-state index in [0.717, 1.165) is 12.6 Å². The maximum atomic E-state index is 13.8. The first-order valence-electron chi connectivity index (χ1n) is 6.69. The molecule has 6 heteroatoms. The fraction of sp³-hybridized carbons (Fsp3) is 0.571. The van der Waals surface area contributed by atoms with Crippen LogP contribution in [0.1, 0.15) is 30.9 Å². The molecule has 0 heterocycles. The van der Waals surface area contributed by atoms with Crippen molar-refractivity contribution in [3.05, 3.63) is 35.1 Å². The molecule has 1 unspecified atom stereocenters. The van der Waals surface area contributed by atoms with Gasteiger partial charge in [-0.15, -0.1) is 0 Å². The number of halogens is 4. The van der Waals surface area contributed by atoms with Gasteiger partial charge in [0.25, 0.3) is 0 Å². The number of hydrogen-bond donors (Lipinski definition) is 2. The van der Waals surface area contributed by atoms with Crippen LogP contribution in [0.4, 0.5) is 17.6 Å². The summed E-state index contributed by atoms with van der Waals surface area (Å²) in [6.45, 7) is 2.73. The Kier molecular flexibility index (Phi) is 4.65. The Bertz CT molecular complexity index is 455. The second-order valence-corrected chi connectivity index (χ2v) is 5.24. The minimum absolute atomic E-state index is 0.0399. The standard InChI is InChI=1S/C14H18F4N2/c1-9(7-20-11-5-6-11)19-8-10-3-2-4-12(13(10)15)14(16,17)18/h2-4,9,11,19-20H,5-8H2,1H3. The Morgan fingerprint density at radius 2 is 2.00 bits per heavy atom. The molecule has 112 valence electrons. The van der Waals surface area contributed by atoms with E-state index in [1.54, 1.807) is 0 Å². The minimum atomic E-state index is -4.65. The van der Waals surface area contributed by atoms with Crippen LogP contribution in [0.5, 0.6) is 0 Å². The Hall–Kier alpha value is -1.14. The molecule has 0 spiro atoms. The molecule has 0 radical (unpaired) electrons. The summed E-state index contributed by atoms with van der Waals surface area (Å²) in [5, 5.41) is 6.34. The van der Waals surface area contributed by atoms with E-state index in [0.29, 0.717) is 6.04 Å². The molecule has 1 aliphatic rings. The van der Waals surface area contributed by atoms with Crippen molar-refractivity contribution in [2.75, 3.05) is 6.54 Å². The zero-order chi connectivity index (χ0) is 14.8. The largest absolute Gasteiger partial charge is 0.419 e. The fourth-order valence-electron chi connectivity index (χ4n) is 1.92. The number of benzene rings is 1. The maximum Gasteiger partial charge on any atom is 0.419 e. The lowest BCUT2D eigenvalue weighted by Gasteiger charge is -2.16. The van der Waals surface area contributed by atoms with Gasteiger partial charge in [-0.25, -0.2) is 4.39 Å². The topological polar surface area (TPSA) is 24.1 Å². The molecule has 2 N–H and O–H groups in total. The smallest absolute Gasteiger partial charge is 0.312 e. The van der Waals surface area contributed by atoms with Gasteiger partial charge in [0.05, 0.1) is 5.56 Å². The summed E-state index contributed by atoms with van der Waals surface area (Å²) in [5.74, 6) is -1.19. The van der Waals surface area contributed by atoms with Gasteiger partial charge in [-0.1, -0.05) is 12.1 Å². The van der Waals surface area contributed by atoms with Crippen LogP contribution in [0.2, 0.25) is 0 Å². The molecule has 0 amide bonds. The second-order valence-electron chi connectivity index (χ2n) is 5.24. The highest BCUT2D eigenvalue weighted by Gasteiger charge is 2.34. The zero-order valence-electron chi connectivity index (χ0n) is 11.2. The van der Waals surface area contributed by atoms with E-state index in [1.807, 2.05) is 6.92 Å². The van der Waals surface area contributed by atoms with E-state index in [1.165, 1.54) is 25.0 Å². The molecule has 2 nitrogen and oxygen atoms in total. The highest BCUT2D eigenvalue weighted by atomic mass is 19.4. The molecular formula is C14H18F4N2. The monoisotopic (exact) mass is 290 g/mol. The summed E-state index contributed by atoms with van der Waals surface area (Å²) in [7, 11) is 0. The molecule has 0 aromatic heterocycles. The second kappa shape index (κ2) is 6.10. The van der Waals surface area contributed by atoms with Gasteiger partial charge in [0.1, 0.15) is 5.82 Å². The van der Waals surface area contributed by atoms with E-state index in [4.69, 9.17) is 0 Å². The van der Waals surface area contributed by atoms with Crippen LogP contribution in [0.3, 0.4) is 0 Å². The number of alkyl halides is 3. The average molecular weight is 290 g/mol. The van der Waals surface area contributed by atoms with Crippen LogP contribution < -0.4 is 10.6 Å². The van der Waals surface area contributed by atoms with Gasteiger partial charge < -0.3 is 10.6 Å². The summed E-state index contributed by atoms with van der Waals surface area (Å²) in [4.78, 5) is 0. The normalized spacial score (nSPS) is 17.2. The van der Waals surface area contributed by atoms with E-state index in [-0.39, 0.29) is 18.2 Å². The maximum absolute atomic E-state index is 13.8. The van der Waals surface area contributed by atoms with Gasteiger partial charge in [-0.05, 0) is 25.8 Å². The molecule has 1 fully saturated rings. The zero-order valence-corrected chi connectivity index (χ0v) is 11.2. The third kappa shape index (κ3) is 4.18. The lowest BCUT2D eigenvalue weighted by Crippen LogP contribution is -2.37. The Labute approximate surface area is 115 Å². The van der Waals surface area contributed by atoms with Crippen molar-refractivity contribution in [3.8, 4) is 0 Å². The summed E-state index contributed by atoms with van der Waals surface area (Å²) in [5.41, 5.74) is -1.17. The van der Waals surface area contributed by atoms with Crippen molar-refractivity contribution < 1.29 is 17.6 Å². The average Bonchev–Trinajstić information content (AvgIpc) is 3.17. The molecule has 1 atom stereocenters. The predicted octanol–water partition coefficient (Wildman–Crippen LogP) is 3.07. The Morgan fingerprint density at radius 1 is 1.30 bits per heavy atom. The van der Waals surface area contributed by atoms with E-state index < -0.39 is 17.6 Å². The van der Waals surface area contributed by atoms with Crippen molar-refractivity contribution >= 4 is 0 Å². The molecule has 1 saturated carbocycles. The molecule has 20 heavy (non-hydrogen) atoms. The van der Waals surface area contributed by atoms with Gasteiger partial charge in [-0.2, -0.15) is 13.2 Å². The molecule has 1 aromatic rings. The molecule has 0 saturated heterocycles. The summed E-state index contributed by atoms with van der Waals surface area (Å²) in [6.07, 6.45) is -2.30. The van der Waals surface area contributed by atoms with Crippen molar-refractivity contribution in [2.24, 2.45) is 0 Å². The highest BCUT2D eigenvalue weighted by Crippen LogP contribution is 2.32. The molecular weight excluding hydrogens is 272 g/mol. The molecule has 2 rings (SSSR count). The van der Waals surface area contributed by atoms with Crippen LogP contribution in [-0.2, 0) is 12.7 Å². The first-order valence-corrected chi connectivity index (χ1v) is 6.69. The first-order chi connectivity index (χ1) is 9.38. The van der Waals surface area contributed by atoms with Crippen LogP contribution >= 0.6 is 0 Å². The van der Waals surface area contributed by atoms with E-state index >= 15 is 0 Å². The highest BCUT2D eigenvalue weighted by molar-refractivity contribution is 5.28. The quantitative estimate of drug-likeness (QED) is 0.787. The SMILES string of the molecule is CC(CNC1CC1)NCc1cccc(C(F)(F)F)c1F. The lowest BCUT2D eigenvalue weighted by atomic mass is 10.1. The third-order valence-corrected chi connectivity index (χ3v) is 3.32.